The van der Waals surface area contributed by atoms with Crippen LogP contribution in [-0.2, 0) is 11.3 Å². The number of carbonyl (C=O) groups excluding carboxylic acids is 2. The zero-order valence-corrected chi connectivity index (χ0v) is 14.5. The molecule has 0 aliphatic rings. The summed E-state index contributed by atoms with van der Waals surface area (Å²) >= 11 is 0. The lowest BCUT2D eigenvalue weighted by Crippen LogP contribution is -2.31. The Kier molecular flexibility index (Phi) is 6.51. The second kappa shape index (κ2) is 8.82. The number of carbonyl (C=O) groups is 2. The van der Waals surface area contributed by atoms with Gasteiger partial charge in [-0.2, -0.15) is 0 Å². The molecule has 0 aliphatic carbocycles. The van der Waals surface area contributed by atoms with E-state index >= 15 is 0 Å². The molecule has 1 N–H and O–H groups in total. The quantitative estimate of drug-likeness (QED) is 0.587. The molecular weight excluding hydrogens is 320 g/mol. The number of hydrogen-bond acceptors (Lipinski definition) is 4. The van der Waals surface area contributed by atoms with Gasteiger partial charge in [-0.15, -0.1) is 0 Å². The second-order valence-corrected chi connectivity index (χ2v) is 5.73. The lowest BCUT2D eigenvalue weighted by Gasteiger charge is -2.10. The van der Waals surface area contributed by atoms with E-state index in [2.05, 4.69) is 5.32 Å². The molecule has 132 valence electrons. The van der Waals surface area contributed by atoms with Gasteiger partial charge in [-0.05, 0) is 50.6 Å². The minimum Gasteiger partial charge on any atom is -0.484 e. The first-order valence-electron chi connectivity index (χ1n) is 8.14. The highest BCUT2D eigenvalue weighted by Gasteiger charge is 2.04. The molecule has 6 nitrogen and oxygen atoms in total. The Morgan fingerprint density at radius 3 is 2.48 bits per heavy atom. The number of ether oxygens (including phenoxy) is 1. The summed E-state index contributed by atoms with van der Waals surface area (Å²) in [4.78, 5) is 34.7. The third kappa shape index (κ3) is 5.60. The average molecular weight is 342 g/mol. The van der Waals surface area contributed by atoms with Crippen LogP contribution >= 0.6 is 0 Å². The first-order valence-corrected chi connectivity index (χ1v) is 8.14. The van der Waals surface area contributed by atoms with Crippen molar-refractivity contribution in [3.8, 4) is 5.75 Å². The summed E-state index contributed by atoms with van der Waals surface area (Å²) in [6.45, 7) is 4.30. The number of nitrogens with zero attached hydrogens (tertiary/aromatic N) is 1. The highest BCUT2D eigenvalue weighted by Crippen LogP contribution is 2.12. The van der Waals surface area contributed by atoms with E-state index in [-0.39, 0.29) is 23.9 Å². The lowest BCUT2D eigenvalue weighted by atomic mass is 10.1. The minimum absolute atomic E-state index is 0.0166. The van der Waals surface area contributed by atoms with Crippen LogP contribution in [0.15, 0.2) is 47.3 Å². The van der Waals surface area contributed by atoms with Crippen molar-refractivity contribution in [1.82, 2.24) is 9.88 Å². The maximum Gasteiger partial charge on any atom is 0.257 e. The number of hydrogen-bond donors (Lipinski definition) is 1. The van der Waals surface area contributed by atoms with Crippen LogP contribution in [0.3, 0.4) is 0 Å². The summed E-state index contributed by atoms with van der Waals surface area (Å²) < 4.78 is 7.06. The highest BCUT2D eigenvalue weighted by atomic mass is 16.5. The average Bonchev–Trinajstić information content (AvgIpc) is 2.59. The number of aromatic nitrogens is 1. The molecule has 0 saturated heterocycles. The van der Waals surface area contributed by atoms with Gasteiger partial charge in [-0.3, -0.25) is 14.4 Å². The van der Waals surface area contributed by atoms with Gasteiger partial charge in [0.05, 0.1) is 0 Å². The molecule has 0 saturated carbocycles. The van der Waals surface area contributed by atoms with Gasteiger partial charge in [-0.1, -0.05) is 6.07 Å². The van der Waals surface area contributed by atoms with Crippen LogP contribution in [0.1, 0.15) is 29.4 Å². The molecule has 0 radical (unpaired) electrons. The molecule has 0 atom stereocenters. The Bertz CT molecular complexity index is 794. The summed E-state index contributed by atoms with van der Waals surface area (Å²) in [7, 11) is 0. The topological polar surface area (TPSA) is 77.4 Å². The van der Waals surface area contributed by atoms with Gasteiger partial charge in [0.25, 0.3) is 11.5 Å². The number of ketones is 1. The molecule has 0 bridgehead atoms. The summed E-state index contributed by atoms with van der Waals surface area (Å²) in [5, 5.41) is 2.76. The van der Waals surface area contributed by atoms with E-state index < -0.39 is 0 Å². The summed E-state index contributed by atoms with van der Waals surface area (Å²) in [6.07, 6.45) is 0.657. The van der Waals surface area contributed by atoms with Crippen LogP contribution in [0.25, 0.3) is 0 Å². The standard InChI is InChI=1S/C19H22N2O4/c1-14-5-3-6-19(24)21(14)12-4-11-20-18(23)13-25-17-9-7-16(8-10-17)15(2)22/h3,5-10H,4,11-13H2,1-2H3,(H,20,23). The van der Waals surface area contributed by atoms with Crippen molar-refractivity contribution in [2.24, 2.45) is 0 Å². The second-order valence-electron chi connectivity index (χ2n) is 5.73. The van der Waals surface area contributed by atoms with Crippen LogP contribution in [0, 0.1) is 6.92 Å². The zero-order valence-electron chi connectivity index (χ0n) is 14.5. The van der Waals surface area contributed by atoms with Crippen molar-refractivity contribution in [3.05, 3.63) is 64.1 Å². The van der Waals surface area contributed by atoms with Gasteiger partial charge in [0.15, 0.2) is 12.4 Å². The Labute approximate surface area is 146 Å². The molecule has 1 aromatic heterocycles. The van der Waals surface area contributed by atoms with Crippen LogP contribution in [0.5, 0.6) is 5.75 Å². The van der Waals surface area contributed by atoms with Crippen molar-refractivity contribution in [3.63, 3.8) is 0 Å². The van der Waals surface area contributed by atoms with E-state index in [9.17, 15) is 14.4 Å². The Balaban J connectivity index is 1.70. The molecule has 1 aromatic carbocycles. The molecule has 0 fully saturated rings. The fourth-order valence-corrected chi connectivity index (χ4v) is 2.36. The number of rotatable bonds is 8. The molecule has 0 spiro atoms. The maximum absolute atomic E-state index is 11.8. The van der Waals surface area contributed by atoms with Gasteiger partial charge < -0.3 is 14.6 Å². The predicted octanol–water partition coefficient (Wildman–Crippen LogP) is 1.94. The lowest BCUT2D eigenvalue weighted by molar-refractivity contribution is -0.123. The van der Waals surface area contributed by atoms with Gasteiger partial charge in [0.1, 0.15) is 5.75 Å². The van der Waals surface area contributed by atoms with Gasteiger partial charge in [-0.25, -0.2) is 0 Å². The van der Waals surface area contributed by atoms with Gasteiger partial charge in [0.2, 0.25) is 0 Å². The zero-order chi connectivity index (χ0) is 18.2. The number of pyridine rings is 1. The summed E-state index contributed by atoms with van der Waals surface area (Å²) in [5.41, 5.74) is 1.46. The maximum atomic E-state index is 11.8. The Hall–Kier alpha value is -2.89. The first kappa shape index (κ1) is 18.4. The normalized spacial score (nSPS) is 10.3. The van der Waals surface area contributed by atoms with Crippen molar-refractivity contribution in [1.29, 1.82) is 0 Å². The van der Waals surface area contributed by atoms with E-state index in [0.29, 0.717) is 30.8 Å². The van der Waals surface area contributed by atoms with Crippen LogP contribution < -0.4 is 15.6 Å². The van der Waals surface area contributed by atoms with E-state index in [0.717, 1.165) is 5.69 Å². The number of Topliss-reactive ketones (excluding diaryl/α,β-unsaturated/α-hetero) is 1. The smallest absolute Gasteiger partial charge is 0.257 e. The van der Waals surface area contributed by atoms with Gasteiger partial charge >= 0.3 is 0 Å². The minimum atomic E-state index is -0.229. The third-order valence-corrected chi connectivity index (χ3v) is 3.78. The molecular formula is C19H22N2O4. The van der Waals surface area contributed by atoms with Crippen molar-refractivity contribution in [2.45, 2.75) is 26.8 Å². The van der Waals surface area contributed by atoms with Crippen LogP contribution in [-0.4, -0.2) is 29.4 Å². The van der Waals surface area contributed by atoms with Crippen molar-refractivity contribution < 1.29 is 14.3 Å². The molecule has 6 heteroatoms. The summed E-state index contributed by atoms with van der Waals surface area (Å²) in [5.74, 6) is 0.288. The summed E-state index contributed by atoms with van der Waals surface area (Å²) in [6, 6.07) is 11.8. The van der Waals surface area contributed by atoms with Gasteiger partial charge in [0, 0.05) is 30.4 Å². The Morgan fingerprint density at radius 2 is 1.84 bits per heavy atom. The number of amides is 1. The molecule has 2 aromatic rings. The van der Waals surface area contributed by atoms with Crippen molar-refractivity contribution in [2.75, 3.05) is 13.2 Å². The van der Waals surface area contributed by atoms with E-state index in [4.69, 9.17) is 4.74 Å². The number of benzene rings is 1. The highest BCUT2D eigenvalue weighted by molar-refractivity contribution is 5.94. The molecule has 25 heavy (non-hydrogen) atoms. The third-order valence-electron chi connectivity index (χ3n) is 3.78. The van der Waals surface area contributed by atoms with Crippen molar-refractivity contribution >= 4 is 11.7 Å². The van der Waals surface area contributed by atoms with E-state index in [1.165, 1.54) is 13.0 Å². The number of aryl methyl sites for hydroxylation is 1. The molecule has 0 unspecified atom stereocenters. The molecule has 2 rings (SSSR count). The molecule has 1 heterocycles. The fraction of sp³-hybridized carbons (Fsp3) is 0.316. The first-order chi connectivity index (χ1) is 12.0. The number of nitrogens with one attached hydrogen (secondary N) is 1. The largest absolute Gasteiger partial charge is 0.484 e. The molecule has 1 amide bonds. The SMILES string of the molecule is CC(=O)c1ccc(OCC(=O)NCCCn2c(C)cccc2=O)cc1. The monoisotopic (exact) mass is 342 g/mol. The Morgan fingerprint density at radius 1 is 1.12 bits per heavy atom. The molecule has 0 aliphatic heterocycles. The van der Waals surface area contributed by atoms with E-state index in [1.807, 2.05) is 13.0 Å². The van der Waals surface area contributed by atoms with Crippen LogP contribution in [0.4, 0.5) is 0 Å². The fourth-order valence-electron chi connectivity index (χ4n) is 2.36. The van der Waals surface area contributed by atoms with E-state index in [1.54, 1.807) is 34.9 Å². The van der Waals surface area contributed by atoms with Crippen LogP contribution in [0.2, 0.25) is 0 Å². The predicted molar refractivity (Wildman–Crippen MR) is 95.0 cm³/mol.